The second kappa shape index (κ2) is 5.97. The Hall–Kier alpha value is -2.33. The smallest absolute Gasteiger partial charge is 0.249 e. The van der Waals surface area contributed by atoms with Crippen molar-refractivity contribution >= 4 is 17.3 Å². The van der Waals surface area contributed by atoms with Gasteiger partial charge in [0.2, 0.25) is 11.8 Å². The van der Waals surface area contributed by atoms with Crippen molar-refractivity contribution in [2.75, 3.05) is 5.32 Å². The standard InChI is InChI=1S/C16H14ClN3O/c1-11-19-20-16(21-11)14-4-2-3-5-15(14)18-10-12-6-8-13(17)9-7-12/h2-9,18H,10H2,1H3. The molecule has 0 aliphatic carbocycles. The molecule has 3 aromatic rings. The molecule has 1 N–H and O–H groups in total. The average Bonchev–Trinajstić information content (AvgIpc) is 2.93. The summed E-state index contributed by atoms with van der Waals surface area (Å²) in [5.74, 6) is 1.07. The van der Waals surface area contributed by atoms with Crippen molar-refractivity contribution in [3.05, 3.63) is 65.0 Å². The maximum Gasteiger partial charge on any atom is 0.249 e. The van der Waals surface area contributed by atoms with E-state index in [4.69, 9.17) is 16.0 Å². The van der Waals surface area contributed by atoms with E-state index in [9.17, 15) is 0 Å². The molecule has 0 saturated carbocycles. The summed E-state index contributed by atoms with van der Waals surface area (Å²) in [6, 6.07) is 15.6. The molecule has 3 rings (SSSR count). The minimum atomic E-state index is 0.520. The molecule has 5 heteroatoms. The van der Waals surface area contributed by atoms with Crippen molar-refractivity contribution in [1.29, 1.82) is 0 Å². The monoisotopic (exact) mass is 299 g/mol. The van der Waals surface area contributed by atoms with Crippen molar-refractivity contribution in [2.45, 2.75) is 13.5 Å². The Balaban J connectivity index is 1.81. The fraction of sp³-hybridized carbons (Fsp3) is 0.125. The number of hydrogen-bond donors (Lipinski definition) is 1. The molecule has 0 aliphatic rings. The van der Waals surface area contributed by atoms with E-state index in [-0.39, 0.29) is 0 Å². The molecule has 21 heavy (non-hydrogen) atoms. The van der Waals surface area contributed by atoms with E-state index in [1.807, 2.05) is 48.5 Å². The molecule has 0 bridgehead atoms. The fourth-order valence-electron chi connectivity index (χ4n) is 2.03. The summed E-state index contributed by atoms with van der Waals surface area (Å²) in [6.07, 6.45) is 0. The predicted molar refractivity (Wildman–Crippen MR) is 83.2 cm³/mol. The van der Waals surface area contributed by atoms with Crippen LogP contribution in [0.3, 0.4) is 0 Å². The van der Waals surface area contributed by atoms with Crippen LogP contribution in [0.15, 0.2) is 52.9 Å². The second-order valence-electron chi connectivity index (χ2n) is 4.65. The highest BCUT2D eigenvalue weighted by Crippen LogP contribution is 2.27. The molecule has 4 nitrogen and oxygen atoms in total. The molecule has 106 valence electrons. The number of aryl methyl sites for hydroxylation is 1. The highest BCUT2D eigenvalue weighted by molar-refractivity contribution is 6.30. The number of aromatic nitrogens is 2. The average molecular weight is 300 g/mol. The number of benzene rings is 2. The summed E-state index contributed by atoms with van der Waals surface area (Å²) < 4.78 is 5.50. The Morgan fingerprint density at radius 1 is 1.05 bits per heavy atom. The van der Waals surface area contributed by atoms with Crippen LogP contribution < -0.4 is 5.32 Å². The summed E-state index contributed by atoms with van der Waals surface area (Å²) in [5.41, 5.74) is 3.00. The van der Waals surface area contributed by atoms with Crippen LogP contribution in [0, 0.1) is 6.92 Å². The number of para-hydroxylation sites is 1. The quantitative estimate of drug-likeness (QED) is 0.780. The molecule has 0 amide bonds. The molecule has 0 saturated heterocycles. The first kappa shape index (κ1) is 13.6. The van der Waals surface area contributed by atoms with E-state index >= 15 is 0 Å². The molecular formula is C16H14ClN3O. The van der Waals surface area contributed by atoms with Crippen LogP contribution in [-0.4, -0.2) is 10.2 Å². The van der Waals surface area contributed by atoms with E-state index in [2.05, 4.69) is 15.5 Å². The van der Waals surface area contributed by atoms with Crippen molar-refractivity contribution in [2.24, 2.45) is 0 Å². The molecule has 0 atom stereocenters. The van der Waals surface area contributed by atoms with Gasteiger partial charge in [-0.15, -0.1) is 10.2 Å². The van der Waals surface area contributed by atoms with Gasteiger partial charge in [-0.2, -0.15) is 0 Å². The fourth-order valence-corrected chi connectivity index (χ4v) is 2.15. The zero-order chi connectivity index (χ0) is 14.7. The van der Waals surface area contributed by atoms with E-state index in [0.29, 0.717) is 18.3 Å². The summed E-state index contributed by atoms with van der Waals surface area (Å²) in [4.78, 5) is 0. The van der Waals surface area contributed by atoms with Crippen LogP contribution in [0.5, 0.6) is 0 Å². The van der Waals surface area contributed by atoms with Gasteiger partial charge >= 0.3 is 0 Å². The first-order valence-corrected chi connectivity index (χ1v) is 6.98. The third kappa shape index (κ3) is 3.23. The lowest BCUT2D eigenvalue weighted by atomic mass is 10.1. The van der Waals surface area contributed by atoms with Crippen molar-refractivity contribution < 1.29 is 4.42 Å². The minimum Gasteiger partial charge on any atom is -0.421 e. The number of hydrogen-bond acceptors (Lipinski definition) is 4. The normalized spacial score (nSPS) is 10.6. The number of nitrogens with one attached hydrogen (secondary N) is 1. The van der Waals surface area contributed by atoms with Gasteiger partial charge in [-0.1, -0.05) is 35.9 Å². The first-order valence-electron chi connectivity index (χ1n) is 6.60. The zero-order valence-corrected chi connectivity index (χ0v) is 12.3. The Morgan fingerprint density at radius 3 is 2.52 bits per heavy atom. The summed E-state index contributed by atoms with van der Waals surface area (Å²) in [7, 11) is 0. The van der Waals surface area contributed by atoms with Gasteiger partial charge < -0.3 is 9.73 Å². The number of nitrogens with zero attached hydrogens (tertiary/aromatic N) is 2. The van der Waals surface area contributed by atoms with Gasteiger partial charge in [-0.3, -0.25) is 0 Å². The van der Waals surface area contributed by atoms with Crippen LogP contribution >= 0.6 is 11.6 Å². The van der Waals surface area contributed by atoms with Crippen molar-refractivity contribution in [3.63, 3.8) is 0 Å². The molecule has 0 radical (unpaired) electrons. The van der Waals surface area contributed by atoms with E-state index in [1.54, 1.807) is 6.92 Å². The van der Waals surface area contributed by atoms with E-state index in [0.717, 1.165) is 21.8 Å². The van der Waals surface area contributed by atoms with Gasteiger partial charge in [0.25, 0.3) is 0 Å². The Bertz CT molecular complexity index is 737. The van der Waals surface area contributed by atoms with E-state index < -0.39 is 0 Å². The number of rotatable bonds is 4. The first-order chi connectivity index (χ1) is 10.2. The number of anilines is 1. The maximum absolute atomic E-state index is 5.89. The lowest BCUT2D eigenvalue weighted by molar-refractivity contribution is 0.533. The highest BCUT2D eigenvalue weighted by atomic mass is 35.5. The number of halogens is 1. The van der Waals surface area contributed by atoms with E-state index in [1.165, 1.54) is 0 Å². The Morgan fingerprint density at radius 2 is 1.81 bits per heavy atom. The summed E-state index contributed by atoms with van der Waals surface area (Å²) in [5, 5.41) is 12.1. The van der Waals surface area contributed by atoms with Gasteiger partial charge in [0.05, 0.1) is 5.56 Å². The van der Waals surface area contributed by atoms with Crippen LogP contribution in [0.25, 0.3) is 11.5 Å². The third-order valence-corrected chi connectivity index (χ3v) is 3.33. The van der Waals surface area contributed by atoms with Crippen molar-refractivity contribution in [1.82, 2.24) is 10.2 Å². The zero-order valence-electron chi connectivity index (χ0n) is 11.5. The van der Waals surface area contributed by atoms with Crippen LogP contribution in [-0.2, 0) is 6.54 Å². The third-order valence-electron chi connectivity index (χ3n) is 3.08. The molecule has 1 heterocycles. The molecule has 0 fully saturated rings. The highest BCUT2D eigenvalue weighted by Gasteiger charge is 2.10. The minimum absolute atomic E-state index is 0.520. The Labute approximate surface area is 127 Å². The predicted octanol–water partition coefficient (Wildman–Crippen LogP) is 4.31. The van der Waals surface area contributed by atoms with Gasteiger partial charge in [-0.05, 0) is 29.8 Å². The summed E-state index contributed by atoms with van der Waals surface area (Å²) >= 11 is 5.89. The molecule has 2 aromatic carbocycles. The lowest BCUT2D eigenvalue weighted by Crippen LogP contribution is -2.00. The molecule has 0 spiro atoms. The van der Waals surface area contributed by atoms with Gasteiger partial charge in [0, 0.05) is 24.2 Å². The lowest BCUT2D eigenvalue weighted by Gasteiger charge is -2.09. The summed E-state index contributed by atoms with van der Waals surface area (Å²) in [6.45, 7) is 2.47. The van der Waals surface area contributed by atoms with Gasteiger partial charge in [-0.25, -0.2) is 0 Å². The van der Waals surface area contributed by atoms with Gasteiger partial charge in [0.1, 0.15) is 0 Å². The molecule has 0 unspecified atom stereocenters. The molecule has 1 aromatic heterocycles. The second-order valence-corrected chi connectivity index (χ2v) is 5.09. The Kier molecular flexibility index (Phi) is 3.88. The SMILES string of the molecule is Cc1nnc(-c2ccccc2NCc2ccc(Cl)cc2)o1. The van der Waals surface area contributed by atoms with Gasteiger partial charge in [0.15, 0.2) is 0 Å². The molecule has 0 aliphatic heterocycles. The van der Waals surface area contributed by atoms with Crippen molar-refractivity contribution in [3.8, 4) is 11.5 Å². The molecular weight excluding hydrogens is 286 g/mol. The van der Waals surface area contributed by atoms with Crippen LogP contribution in [0.4, 0.5) is 5.69 Å². The topological polar surface area (TPSA) is 51.0 Å². The van der Waals surface area contributed by atoms with Crippen LogP contribution in [0.1, 0.15) is 11.5 Å². The van der Waals surface area contributed by atoms with Crippen LogP contribution in [0.2, 0.25) is 5.02 Å². The largest absolute Gasteiger partial charge is 0.421 e. The maximum atomic E-state index is 5.89.